The molecule has 1 amide bonds. The summed E-state index contributed by atoms with van der Waals surface area (Å²) in [5, 5.41) is 2.86. The number of carbonyl (C=O) groups is 1. The van der Waals surface area contributed by atoms with Gasteiger partial charge in [-0.1, -0.05) is 0 Å². The van der Waals surface area contributed by atoms with Gasteiger partial charge in [-0.05, 0) is 81.6 Å². The van der Waals surface area contributed by atoms with Crippen LogP contribution in [-0.2, 0) is 4.74 Å². The Bertz CT molecular complexity index is 581. The van der Waals surface area contributed by atoms with Crippen molar-refractivity contribution < 1.29 is 19.0 Å². The van der Waals surface area contributed by atoms with Gasteiger partial charge in [-0.25, -0.2) is 4.79 Å². The first-order chi connectivity index (χ1) is 11.1. The van der Waals surface area contributed by atoms with Crippen molar-refractivity contribution in [3.05, 3.63) is 21.7 Å². The van der Waals surface area contributed by atoms with Gasteiger partial charge in [0.15, 0.2) is 0 Å². The summed E-state index contributed by atoms with van der Waals surface area (Å²) >= 11 is 3.55. The average molecular weight is 402 g/mol. The molecule has 1 rings (SSSR count). The predicted octanol–water partition coefficient (Wildman–Crippen LogP) is 5.14. The summed E-state index contributed by atoms with van der Waals surface area (Å²) in [4.78, 5) is 12.0. The van der Waals surface area contributed by atoms with Crippen molar-refractivity contribution >= 4 is 22.0 Å². The van der Waals surface area contributed by atoms with E-state index in [9.17, 15) is 4.79 Å². The first-order valence-corrected chi connectivity index (χ1v) is 8.98. The van der Waals surface area contributed by atoms with E-state index in [1.165, 1.54) is 0 Å². The molecule has 0 saturated heterocycles. The summed E-state index contributed by atoms with van der Waals surface area (Å²) in [7, 11) is 0. The highest BCUT2D eigenvalue weighted by atomic mass is 79.9. The van der Waals surface area contributed by atoms with Crippen LogP contribution >= 0.6 is 15.9 Å². The van der Waals surface area contributed by atoms with Gasteiger partial charge in [0.2, 0.25) is 0 Å². The summed E-state index contributed by atoms with van der Waals surface area (Å²) < 4.78 is 17.6. The van der Waals surface area contributed by atoms with Crippen LogP contribution in [0.3, 0.4) is 0 Å². The lowest BCUT2D eigenvalue weighted by Crippen LogP contribution is -2.34. The number of nitrogens with one attached hydrogen (secondary N) is 1. The lowest BCUT2D eigenvalue weighted by Gasteiger charge is -2.24. The number of rotatable bonds is 6. The first-order valence-electron chi connectivity index (χ1n) is 8.18. The molecule has 0 fully saturated rings. The highest BCUT2D eigenvalue weighted by molar-refractivity contribution is 9.10. The largest absolute Gasteiger partial charge is 0.493 e. The van der Waals surface area contributed by atoms with E-state index in [-0.39, 0.29) is 6.04 Å². The van der Waals surface area contributed by atoms with Gasteiger partial charge in [0.25, 0.3) is 0 Å². The van der Waals surface area contributed by atoms with Gasteiger partial charge in [-0.3, -0.25) is 0 Å². The van der Waals surface area contributed by atoms with Gasteiger partial charge in [0.1, 0.15) is 21.6 Å². The van der Waals surface area contributed by atoms with Crippen molar-refractivity contribution in [2.45, 2.75) is 60.1 Å². The quantitative estimate of drug-likeness (QED) is 0.716. The van der Waals surface area contributed by atoms with Crippen molar-refractivity contribution in [3.63, 3.8) is 0 Å². The van der Waals surface area contributed by atoms with E-state index in [1.807, 2.05) is 54.5 Å². The smallest absolute Gasteiger partial charge is 0.408 e. The maximum absolute atomic E-state index is 12.0. The van der Waals surface area contributed by atoms with Crippen LogP contribution in [0.1, 0.15) is 58.7 Å². The summed E-state index contributed by atoms with van der Waals surface area (Å²) in [5.74, 6) is 1.43. The molecule has 0 saturated carbocycles. The number of hydrogen-bond acceptors (Lipinski definition) is 4. The van der Waals surface area contributed by atoms with Crippen LogP contribution in [0, 0.1) is 6.92 Å². The monoisotopic (exact) mass is 401 g/mol. The molecule has 136 valence electrons. The van der Waals surface area contributed by atoms with Gasteiger partial charge < -0.3 is 19.5 Å². The molecular formula is C18H28BrNO4. The second-order valence-corrected chi connectivity index (χ2v) is 7.26. The highest BCUT2D eigenvalue weighted by Crippen LogP contribution is 2.41. The number of hydrogen-bond donors (Lipinski definition) is 1. The van der Waals surface area contributed by atoms with E-state index < -0.39 is 11.7 Å². The van der Waals surface area contributed by atoms with E-state index in [0.29, 0.717) is 19.0 Å². The minimum atomic E-state index is -0.536. The van der Waals surface area contributed by atoms with Gasteiger partial charge in [0.05, 0.1) is 19.3 Å². The average Bonchev–Trinajstić information content (AvgIpc) is 2.44. The van der Waals surface area contributed by atoms with Crippen LogP contribution in [0.25, 0.3) is 0 Å². The number of amides is 1. The molecule has 5 nitrogen and oxygen atoms in total. The summed E-state index contributed by atoms with van der Waals surface area (Å²) in [6, 6.07) is 1.68. The summed E-state index contributed by atoms with van der Waals surface area (Å²) in [5.41, 5.74) is 1.35. The molecule has 1 aromatic carbocycles. The number of halogens is 1. The maximum Gasteiger partial charge on any atom is 0.408 e. The number of ether oxygens (including phenoxy) is 3. The first kappa shape index (κ1) is 20.6. The lowest BCUT2D eigenvalue weighted by molar-refractivity contribution is 0.0507. The summed E-state index contributed by atoms with van der Waals surface area (Å²) in [6.07, 6.45) is -0.451. The van der Waals surface area contributed by atoms with Crippen LogP contribution in [0.2, 0.25) is 0 Å². The van der Waals surface area contributed by atoms with Gasteiger partial charge in [-0.15, -0.1) is 0 Å². The lowest BCUT2D eigenvalue weighted by atomic mass is 10.0. The molecule has 24 heavy (non-hydrogen) atoms. The van der Waals surface area contributed by atoms with Crippen LogP contribution in [0.15, 0.2) is 10.5 Å². The van der Waals surface area contributed by atoms with Crippen molar-refractivity contribution in [3.8, 4) is 11.5 Å². The van der Waals surface area contributed by atoms with Crippen LogP contribution < -0.4 is 14.8 Å². The van der Waals surface area contributed by atoms with E-state index in [2.05, 4.69) is 21.2 Å². The topological polar surface area (TPSA) is 56.8 Å². The molecular weight excluding hydrogens is 374 g/mol. The minimum Gasteiger partial charge on any atom is -0.493 e. The minimum absolute atomic E-state index is 0.244. The number of carbonyl (C=O) groups excluding carboxylic acids is 1. The Morgan fingerprint density at radius 1 is 1.25 bits per heavy atom. The molecule has 0 aliphatic heterocycles. The van der Waals surface area contributed by atoms with E-state index in [1.54, 1.807) is 0 Å². The van der Waals surface area contributed by atoms with Gasteiger partial charge in [0, 0.05) is 0 Å². The van der Waals surface area contributed by atoms with E-state index in [4.69, 9.17) is 14.2 Å². The molecule has 0 bridgehead atoms. The fourth-order valence-electron chi connectivity index (χ4n) is 2.31. The fourth-order valence-corrected chi connectivity index (χ4v) is 2.95. The number of benzene rings is 1. The molecule has 6 heteroatoms. The zero-order chi connectivity index (χ0) is 18.5. The standard InChI is InChI=1S/C18H28BrNO4/c1-8-22-14-10-13(11(3)16(15(14)19)23-9-2)12(4)20-17(21)24-18(5,6)7/h10,12H,8-9H2,1-7H3,(H,20,21)/t12-/m1/s1. The zero-order valence-corrected chi connectivity index (χ0v) is 17.2. The van der Waals surface area contributed by atoms with Gasteiger partial charge in [-0.2, -0.15) is 0 Å². The molecule has 1 N–H and O–H groups in total. The Kier molecular flexibility index (Phi) is 7.39. The van der Waals surface area contributed by atoms with Crippen molar-refractivity contribution in [2.75, 3.05) is 13.2 Å². The Hall–Kier alpha value is -1.43. The van der Waals surface area contributed by atoms with Crippen molar-refractivity contribution in [2.24, 2.45) is 0 Å². The van der Waals surface area contributed by atoms with Crippen molar-refractivity contribution in [1.29, 1.82) is 0 Å². The fraction of sp³-hybridized carbons (Fsp3) is 0.611. The second kappa shape index (κ2) is 8.60. The Morgan fingerprint density at radius 3 is 2.33 bits per heavy atom. The van der Waals surface area contributed by atoms with E-state index in [0.717, 1.165) is 21.3 Å². The third-order valence-corrected chi connectivity index (χ3v) is 4.02. The molecule has 0 heterocycles. The predicted molar refractivity (Wildman–Crippen MR) is 99.0 cm³/mol. The maximum atomic E-state index is 12.0. The third-order valence-electron chi connectivity index (χ3n) is 3.26. The van der Waals surface area contributed by atoms with Crippen LogP contribution in [0.4, 0.5) is 4.79 Å². The SMILES string of the molecule is CCOc1cc([C@@H](C)NC(=O)OC(C)(C)C)c(C)c(OCC)c1Br. The molecule has 0 aromatic heterocycles. The van der Waals surface area contributed by atoms with Gasteiger partial charge >= 0.3 is 6.09 Å². The Labute approximate surface area is 153 Å². The molecule has 0 radical (unpaired) electrons. The Morgan fingerprint density at radius 2 is 1.83 bits per heavy atom. The third kappa shape index (κ3) is 5.58. The Balaban J connectivity index is 3.14. The molecule has 0 spiro atoms. The summed E-state index contributed by atoms with van der Waals surface area (Å²) in [6.45, 7) is 14.3. The van der Waals surface area contributed by atoms with Crippen molar-refractivity contribution in [1.82, 2.24) is 5.32 Å². The van der Waals surface area contributed by atoms with Crippen LogP contribution in [0.5, 0.6) is 11.5 Å². The molecule has 1 atom stereocenters. The highest BCUT2D eigenvalue weighted by Gasteiger charge is 2.22. The molecule has 0 unspecified atom stereocenters. The molecule has 0 aliphatic rings. The molecule has 0 aliphatic carbocycles. The zero-order valence-electron chi connectivity index (χ0n) is 15.6. The normalized spacial score (nSPS) is 12.5. The molecule has 1 aromatic rings. The second-order valence-electron chi connectivity index (χ2n) is 6.47. The van der Waals surface area contributed by atoms with Crippen LogP contribution in [-0.4, -0.2) is 24.9 Å². The number of alkyl carbamates (subject to hydrolysis) is 1. The van der Waals surface area contributed by atoms with E-state index >= 15 is 0 Å².